The number of anilines is 1. The minimum Gasteiger partial charge on any atom is -0.370 e. The van der Waals surface area contributed by atoms with Gasteiger partial charge in [-0.2, -0.15) is 0 Å². The average Bonchev–Trinajstić information content (AvgIpc) is 2.62. The van der Waals surface area contributed by atoms with Crippen LogP contribution in [0, 0.1) is 13.8 Å². The molecule has 1 N–H and O–H groups in total. The molecule has 6 nitrogen and oxygen atoms in total. The van der Waals surface area contributed by atoms with Crippen LogP contribution in [0.3, 0.4) is 0 Å². The van der Waals surface area contributed by atoms with Crippen molar-refractivity contribution in [3.8, 4) is 0 Å². The smallest absolute Gasteiger partial charge is 0.224 e. The number of amides is 1. The van der Waals surface area contributed by atoms with Crippen molar-refractivity contribution in [3.05, 3.63) is 53.3 Å². The topological polar surface area (TPSA) is 67.4 Å². The molecule has 3 rings (SSSR count). The lowest BCUT2D eigenvalue weighted by Crippen LogP contribution is -2.42. The molecular weight excluding hydrogens is 316 g/mol. The molecule has 2 aromatic rings. The monoisotopic (exact) mass is 340 g/mol. The van der Waals surface area contributed by atoms with E-state index in [9.17, 15) is 4.79 Å². The number of aromatic nitrogens is 2. The van der Waals surface area contributed by atoms with Gasteiger partial charge in [0.05, 0.1) is 13.2 Å². The molecule has 6 heteroatoms. The maximum absolute atomic E-state index is 12.5. The molecule has 0 bridgehead atoms. The number of hydrogen-bond acceptors (Lipinski definition) is 5. The van der Waals surface area contributed by atoms with Gasteiger partial charge in [-0.15, -0.1) is 0 Å². The van der Waals surface area contributed by atoms with Crippen molar-refractivity contribution in [2.24, 2.45) is 0 Å². The van der Waals surface area contributed by atoms with Crippen molar-refractivity contribution in [1.82, 2.24) is 14.9 Å². The van der Waals surface area contributed by atoms with Crippen molar-refractivity contribution in [3.63, 3.8) is 0 Å². The molecule has 132 valence electrons. The molecule has 1 fully saturated rings. The van der Waals surface area contributed by atoms with Gasteiger partial charge in [-0.25, -0.2) is 9.97 Å². The van der Waals surface area contributed by atoms with Gasteiger partial charge in [0.2, 0.25) is 11.9 Å². The normalized spacial score (nSPS) is 17.4. The second kappa shape index (κ2) is 8.07. The first-order valence-electron chi connectivity index (χ1n) is 8.62. The number of aryl methyl sites for hydroxylation is 2. The minimum absolute atomic E-state index is 0.0467. The number of carbonyl (C=O) groups excluding carboxylic acids is 1. The van der Waals surface area contributed by atoms with Crippen LogP contribution in [0.1, 0.15) is 29.5 Å². The van der Waals surface area contributed by atoms with E-state index in [1.807, 2.05) is 55.1 Å². The summed E-state index contributed by atoms with van der Waals surface area (Å²) in [6.07, 6.45) is 0.368. The number of rotatable bonds is 5. The predicted molar refractivity (Wildman–Crippen MR) is 96.3 cm³/mol. The SMILES string of the molecule is Cc1cc(C)nc(NCCC(=O)N2CCO[C@H](c3ccccc3)C2)n1. The highest BCUT2D eigenvalue weighted by molar-refractivity contribution is 5.76. The molecule has 1 aromatic heterocycles. The zero-order valence-electron chi connectivity index (χ0n) is 14.7. The van der Waals surface area contributed by atoms with E-state index in [0.29, 0.717) is 38.6 Å². The second-order valence-corrected chi connectivity index (χ2v) is 6.26. The number of morpholine rings is 1. The van der Waals surface area contributed by atoms with Crippen molar-refractivity contribution in [1.29, 1.82) is 0 Å². The Balaban J connectivity index is 1.51. The first-order valence-corrected chi connectivity index (χ1v) is 8.62. The summed E-state index contributed by atoms with van der Waals surface area (Å²) in [6.45, 7) is 6.20. The summed E-state index contributed by atoms with van der Waals surface area (Å²) in [5.74, 6) is 0.704. The Hall–Kier alpha value is -2.47. The summed E-state index contributed by atoms with van der Waals surface area (Å²) in [6, 6.07) is 12.0. The van der Waals surface area contributed by atoms with Crippen LogP contribution in [0.2, 0.25) is 0 Å². The fourth-order valence-electron chi connectivity index (χ4n) is 2.99. The first kappa shape index (κ1) is 17.4. The molecule has 1 amide bonds. The summed E-state index contributed by atoms with van der Waals surface area (Å²) >= 11 is 0. The van der Waals surface area contributed by atoms with E-state index >= 15 is 0 Å². The van der Waals surface area contributed by atoms with Crippen LogP contribution in [0.25, 0.3) is 0 Å². The number of ether oxygens (including phenoxy) is 1. The van der Waals surface area contributed by atoms with Crippen LogP contribution in [0.5, 0.6) is 0 Å². The lowest BCUT2D eigenvalue weighted by molar-refractivity contribution is -0.138. The molecule has 0 spiro atoms. The average molecular weight is 340 g/mol. The van der Waals surface area contributed by atoms with Crippen LogP contribution in [0.4, 0.5) is 5.95 Å². The molecule has 1 aromatic carbocycles. The zero-order valence-corrected chi connectivity index (χ0v) is 14.7. The molecule has 25 heavy (non-hydrogen) atoms. The Morgan fingerprint density at radius 3 is 2.68 bits per heavy atom. The van der Waals surface area contributed by atoms with Gasteiger partial charge < -0.3 is 15.0 Å². The molecule has 1 saturated heterocycles. The molecule has 0 saturated carbocycles. The van der Waals surface area contributed by atoms with Crippen LogP contribution >= 0.6 is 0 Å². The van der Waals surface area contributed by atoms with Gasteiger partial charge in [-0.1, -0.05) is 30.3 Å². The number of nitrogens with zero attached hydrogens (tertiary/aromatic N) is 3. The third kappa shape index (κ3) is 4.76. The Morgan fingerprint density at radius 1 is 1.24 bits per heavy atom. The number of benzene rings is 1. The highest BCUT2D eigenvalue weighted by atomic mass is 16.5. The highest BCUT2D eigenvalue weighted by Crippen LogP contribution is 2.22. The molecule has 2 heterocycles. The summed E-state index contributed by atoms with van der Waals surface area (Å²) in [4.78, 5) is 23.0. The Morgan fingerprint density at radius 2 is 1.96 bits per heavy atom. The fourth-order valence-corrected chi connectivity index (χ4v) is 2.99. The molecule has 0 unspecified atom stereocenters. The van der Waals surface area contributed by atoms with Crippen LogP contribution in [-0.2, 0) is 9.53 Å². The van der Waals surface area contributed by atoms with Gasteiger partial charge >= 0.3 is 0 Å². The molecule has 1 atom stereocenters. The Kier molecular flexibility index (Phi) is 5.60. The summed E-state index contributed by atoms with van der Waals surface area (Å²) in [5.41, 5.74) is 2.95. The van der Waals surface area contributed by atoms with E-state index in [1.54, 1.807) is 0 Å². The van der Waals surface area contributed by atoms with Gasteiger partial charge in [0.25, 0.3) is 0 Å². The van der Waals surface area contributed by atoms with E-state index in [-0.39, 0.29) is 12.0 Å². The Bertz CT molecular complexity index is 700. The molecule has 0 aliphatic carbocycles. The van der Waals surface area contributed by atoms with E-state index < -0.39 is 0 Å². The number of carbonyl (C=O) groups is 1. The minimum atomic E-state index is -0.0467. The van der Waals surface area contributed by atoms with Gasteiger partial charge in [0, 0.05) is 30.9 Å². The van der Waals surface area contributed by atoms with E-state index in [1.165, 1.54) is 0 Å². The van der Waals surface area contributed by atoms with E-state index in [2.05, 4.69) is 15.3 Å². The second-order valence-electron chi connectivity index (χ2n) is 6.26. The summed E-state index contributed by atoms with van der Waals surface area (Å²) in [5, 5.41) is 3.14. The molecule has 0 radical (unpaired) electrons. The third-order valence-electron chi connectivity index (χ3n) is 4.19. The zero-order chi connectivity index (χ0) is 17.6. The van der Waals surface area contributed by atoms with Gasteiger partial charge in [-0.05, 0) is 25.5 Å². The van der Waals surface area contributed by atoms with Crippen molar-refractivity contribution < 1.29 is 9.53 Å². The largest absolute Gasteiger partial charge is 0.370 e. The highest BCUT2D eigenvalue weighted by Gasteiger charge is 2.24. The molecule has 1 aliphatic rings. The van der Waals surface area contributed by atoms with Gasteiger partial charge in [-0.3, -0.25) is 4.79 Å². The molecular formula is C19H24N4O2. The quantitative estimate of drug-likeness (QED) is 0.906. The Labute approximate surface area is 148 Å². The fraction of sp³-hybridized carbons (Fsp3) is 0.421. The van der Waals surface area contributed by atoms with Crippen molar-refractivity contribution >= 4 is 11.9 Å². The van der Waals surface area contributed by atoms with Crippen LogP contribution in [0.15, 0.2) is 36.4 Å². The van der Waals surface area contributed by atoms with Gasteiger partial charge in [0.15, 0.2) is 0 Å². The van der Waals surface area contributed by atoms with E-state index in [4.69, 9.17) is 4.74 Å². The van der Waals surface area contributed by atoms with Crippen LogP contribution < -0.4 is 5.32 Å². The standard InChI is InChI=1S/C19H24N4O2/c1-14-12-15(2)22-19(21-14)20-9-8-18(24)23-10-11-25-17(13-23)16-6-4-3-5-7-16/h3-7,12,17H,8-11,13H2,1-2H3,(H,20,21,22)/t17-/m0/s1. The molecule has 1 aliphatic heterocycles. The lowest BCUT2D eigenvalue weighted by atomic mass is 10.1. The van der Waals surface area contributed by atoms with Gasteiger partial charge in [0.1, 0.15) is 6.10 Å². The van der Waals surface area contributed by atoms with Crippen molar-refractivity contribution in [2.45, 2.75) is 26.4 Å². The first-order chi connectivity index (χ1) is 12.1. The predicted octanol–water partition coefficient (Wildman–Crippen LogP) is 2.50. The van der Waals surface area contributed by atoms with Crippen molar-refractivity contribution in [2.75, 3.05) is 31.6 Å². The summed E-state index contributed by atoms with van der Waals surface area (Å²) < 4.78 is 5.82. The lowest BCUT2D eigenvalue weighted by Gasteiger charge is -2.33. The summed E-state index contributed by atoms with van der Waals surface area (Å²) in [7, 11) is 0. The van der Waals surface area contributed by atoms with Crippen LogP contribution in [-0.4, -0.2) is 47.0 Å². The maximum atomic E-state index is 12.5. The van der Waals surface area contributed by atoms with E-state index in [0.717, 1.165) is 17.0 Å². The third-order valence-corrected chi connectivity index (χ3v) is 4.19. The maximum Gasteiger partial charge on any atom is 0.224 e. The number of nitrogens with one attached hydrogen (secondary N) is 1. The number of hydrogen-bond donors (Lipinski definition) is 1.